The summed E-state index contributed by atoms with van der Waals surface area (Å²) >= 11 is 0. The molecule has 0 fully saturated rings. The predicted molar refractivity (Wildman–Crippen MR) is 78.4 cm³/mol. The molecular formula is C15H20N4O. The number of hydrogen-bond donors (Lipinski definition) is 3. The van der Waals surface area contributed by atoms with Gasteiger partial charge in [0.15, 0.2) is 0 Å². The smallest absolute Gasteiger partial charge is 0.255 e. The van der Waals surface area contributed by atoms with Crippen LogP contribution < -0.4 is 11.1 Å². The van der Waals surface area contributed by atoms with Gasteiger partial charge in [0.25, 0.3) is 5.91 Å². The van der Waals surface area contributed by atoms with E-state index < -0.39 is 0 Å². The van der Waals surface area contributed by atoms with Gasteiger partial charge in [0.05, 0.1) is 11.3 Å². The highest BCUT2D eigenvalue weighted by molar-refractivity contribution is 5.96. The van der Waals surface area contributed by atoms with Crippen LogP contribution in [-0.4, -0.2) is 22.6 Å². The number of aromatic amines is 1. The molecule has 20 heavy (non-hydrogen) atoms. The van der Waals surface area contributed by atoms with Gasteiger partial charge in [0, 0.05) is 18.3 Å². The van der Waals surface area contributed by atoms with Gasteiger partial charge >= 0.3 is 0 Å². The Kier molecular flexibility index (Phi) is 4.53. The van der Waals surface area contributed by atoms with Gasteiger partial charge in [-0.25, -0.2) is 0 Å². The van der Waals surface area contributed by atoms with Crippen molar-refractivity contribution in [1.29, 1.82) is 0 Å². The largest absolute Gasteiger partial charge is 0.352 e. The van der Waals surface area contributed by atoms with Crippen LogP contribution in [0.5, 0.6) is 0 Å². The summed E-state index contributed by atoms with van der Waals surface area (Å²) in [7, 11) is 0. The average Bonchev–Trinajstić information content (AvgIpc) is 2.79. The summed E-state index contributed by atoms with van der Waals surface area (Å²) in [4.78, 5) is 12.1. The molecule has 5 heteroatoms. The lowest BCUT2D eigenvalue weighted by atomic mass is 10.0. The third-order valence-corrected chi connectivity index (χ3v) is 3.32. The molecule has 0 aliphatic carbocycles. The quantitative estimate of drug-likeness (QED) is 0.776. The normalized spacial score (nSPS) is 12.2. The van der Waals surface area contributed by atoms with E-state index in [1.807, 2.05) is 44.2 Å². The molecule has 1 atom stereocenters. The lowest BCUT2D eigenvalue weighted by molar-refractivity contribution is 0.0951. The molecule has 0 bridgehead atoms. The van der Waals surface area contributed by atoms with Gasteiger partial charge in [-0.3, -0.25) is 9.89 Å². The molecule has 0 saturated carbocycles. The monoisotopic (exact) mass is 272 g/mol. The minimum Gasteiger partial charge on any atom is -0.352 e. The summed E-state index contributed by atoms with van der Waals surface area (Å²) in [5.41, 5.74) is 9.29. The molecule has 1 amide bonds. The highest BCUT2D eigenvalue weighted by Crippen LogP contribution is 2.13. The molecule has 0 spiro atoms. The Labute approximate surface area is 118 Å². The fourth-order valence-electron chi connectivity index (χ4n) is 2.18. The van der Waals surface area contributed by atoms with Crippen LogP contribution in [0, 0.1) is 13.8 Å². The van der Waals surface area contributed by atoms with E-state index in [0.29, 0.717) is 24.2 Å². The maximum atomic E-state index is 12.1. The number of nitrogens with zero attached hydrogens (tertiary/aromatic N) is 1. The van der Waals surface area contributed by atoms with Crippen LogP contribution in [-0.2, 0) is 0 Å². The Morgan fingerprint density at radius 1 is 1.35 bits per heavy atom. The Hall–Kier alpha value is -2.14. The maximum Gasteiger partial charge on any atom is 0.255 e. The zero-order valence-corrected chi connectivity index (χ0v) is 11.8. The number of benzene rings is 1. The lowest BCUT2D eigenvalue weighted by Crippen LogP contribution is -2.28. The molecule has 2 rings (SSSR count). The highest BCUT2D eigenvalue weighted by atomic mass is 16.1. The first-order valence-corrected chi connectivity index (χ1v) is 6.70. The van der Waals surface area contributed by atoms with Gasteiger partial charge in [-0.1, -0.05) is 30.3 Å². The summed E-state index contributed by atoms with van der Waals surface area (Å²) in [6.07, 6.45) is 0.700. The Morgan fingerprint density at radius 3 is 2.65 bits per heavy atom. The number of hydrogen-bond acceptors (Lipinski definition) is 3. The van der Waals surface area contributed by atoms with Crippen molar-refractivity contribution in [2.24, 2.45) is 5.73 Å². The summed E-state index contributed by atoms with van der Waals surface area (Å²) in [5.74, 6) is -0.103. The van der Waals surface area contributed by atoms with E-state index in [9.17, 15) is 4.79 Å². The van der Waals surface area contributed by atoms with Crippen LogP contribution in [0.3, 0.4) is 0 Å². The minimum absolute atomic E-state index is 0.0666. The fourth-order valence-corrected chi connectivity index (χ4v) is 2.18. The van der Waals surface area contributed by atoms with Crippen LogP contribution in [0.1, 0.15) is 39.8 Å². The standard InChI is InChI=1S/C15H20N4O/c1-10-14(11(2)19-18-10)15(20)17-9-8-13(16)12-6-4-3-5-7-12/h3-7,13H,8-9,16H2,1-2H3,(H,17,20)(H,18,19). The first-order chi connectivity index (χ1) is 9.59. The number of H-pyrrole nitrogens is 1. The molecule has 0 aliphatic rings. The average molecular weight is 272 g/mol. The molecular weight excluding hydrogens is 252 g/mol. The fraction of sp³-hybridized carbons (Fsp3) is 0.333. The Balaban J connectivity index is 1.86. The van der Waals surface area contributed by atoms with E-state index in [1.165, 1.54) is 0 Å². The topological polar surface area (TPSA) is 83.8 Å². The van der Waals surface area contributed by atoms with Gasteiger partial charge in [-0.05, 0) is 25.8 Å². The van der Waals surface area contributed by atoms with E-state index in [0.717, 1.165) is 11.3 Å². The van der Waals surface area contributed by atoms with E-state index in [1.54, 1.807) is 0 Å². The van der Waals surface area contributed by atoms with E-state index in [-0.39, 0.29) is 11.9 Å². The number of aryl methyl sites for hydroxylation is 2. The molecule has 1 unspecified atom stereocenters. The third-order valence-electron chi connectivity index (χ3n) is 3.32. The van der Waals surface area contributed by atoms with E-state index >= 15 is 0 Å². The molecule has 0 saturated heterocycles. The number of nitrogens with two attached hydrogens (primary N) is 1. The molecule has 5 nitrogen and oxygen atoms in total. The number of rotatable bonds is 5. The second-order valence-electron chi connectivity index (χ2n) is 4.87. The highest BCUT2D eigenvalue weighted by Gasteiger charge is 2.15. The predicted octanol–water partition coefficient (Wildman–Crippen LogP) is 1.85. The van der Waals surface area contributed by atoms with Crippen molar-refractivity contribution in [2.45, 2.75) is 26.3 Å². The van der Waals surface area contributed by atoms with E-state index in [4.69, 9.17) is 5.73 Å². The van der Waals surface area contributed by atoms with Crippen molar-refractivity contribution in [2.75, 3.05) is 6.54 Å². The first-order valence-electron chi connectivity index (χ1n) is 6.70. The zero-order valence-electron chi connectivity index (χ0n) is 11.8. The van der Waals surface area contributed by atoms with E-state index in [2.05, 4.69) is 15.5 Å². The number of amides is 1. The number of carbonyl (C=O) groups excluding carboxylic acids is 1. The molecule has 106 valence electrons. The second kappa shape index (κ2) is 6.34. The van der Waals surface area contributed by atoms with Crippen LogP contribution in [0.4, 0.5) is 0 Å². The molecule has 1 aromatic carbocycles. The van der Waals surface area contributed by atoms with Crippen LogP contribution in [0.15, 0.2) is 30.3 Å². The minimum atomic E-state index is -0.103. The van der Waals surface area contributed by atoms with Crippen molar-refractivity contribution in [1.82, 2.24) is 15.5 Å². The Morgan fingerprint density at radius 2 is 2.05 bits per heavy atom. The van der Waals surface area contributed by atoms with Crippen molar-refractivity contribution in [3.63, 3.8) is 0 Å². The van der Waals surface area contributed by atoms with Crippen molar-refractivity contribution in [3.8, 4) is 0 Å². The number of carbonyl (C=O) groups is 1. The summed E-state index contributed by atoms with van der Waals surface area (Å²) in [6, 6.07) is 9.82. The Bertz CT molecular complexity index is 557. The third kappa shape index (κ3) is 3.24. The first kappa shape index (κ1) is 14.3. The summed E-state index contributed by atoms with van der Waals surface area (Å²) in [5, 5.41) is 9.71. The van der Waals surface area contributed by atoms with Crippen molar-refractivity contribution in [3.05, 3.63) is 52.8 Å². The van der Waals surface area contributed by atoms with Crippen molar-refractivity contribution >= 4 is 5.91 Å². The number of aromatic nitrogens is 2. The van der Waals surface area contributed by atoms with Crippen LogP contribution >= 0.6 is 0 Å². The maximum absolute atomic E-state index is 12.1. The lowest BCUT2D eigenvalue weighted by Gasteiger charge is -2.12. The molecule has 0 radical (unpaired) electrons. The van der Waals surface area contributed by atoms with Gasteiger partial charge < -0.3 is 11.1 Å². The SMILES string of the molecule is Cc1n[nH]c(C)c1C(=O)NCCC(N)c1ccccc1. The van der Waals surface area contributed by atoms with Gasteiger partial charge in [-0.2, -0.15) is 5.10 Å². The summed E-state index contributed by atoms with van der Waals surface area (Å²) in [6.45, 7) is 4.19. The molecule has 4 N–H and O–H groups in total. The van der Waals surface area contributed by atoms with Crippen molar-refractivity contribution < 1.29 is 4.79 Å². The van der Waals surface area contributed by atoms with Crippen LogP contribution in [0.25, 0.3) is 0 Å². The molecule has 1 aromatic heterocycles. The number of nitrogens with one attached hydrogen (secondary N) is 2. The van der Waals surface area contributed by atoms with Gasteiger partial charge in [0.1, 0.15) is 0 Å². The van der Waals surface area contributed by atoms with Gasteiger partial charge in [-0.15, -0.1) is 0 Å². The molecule has 1 heterocycles. The molecule has 2 aromatic rings. The van der Waals surface area contributed by atoms with Crippen LogP contribution in [0.2, 0.25) is 0 Å². The van der Waals surface area contributed by atoms with Gasteiger partial charge in [0.2, 0.25) is 0 Å². The zero-order chi connectivity index (χ0) is 14.5. The second-order valence-corrected chi connectivity index (χ2v) is 4.87. The summed E-state index contributed by atoms with van der Waals surface area (Å²) < 4.78 is 0. The molecule has 0 aliphatic heterocycles.